The minimum absolute atomic E-state index is 0.00334. The molecular weight excluding hydrogens is 388 g/mol. The first kappa shape index (κ1) is 19.3. The summed E-state index contributed by atoms with van der Waals surface area (Å²) in [5.41, 5.74) is 1.40. The van der Waals surface area contributed by atoms with Gasteiger partial charge in [-0.15, -0.1) is 5.10 Å². The Labute approximate surface area is 165 Å². The zero-order valence-electron chi connectivity index (χ0n) is 14.4. The Morgan fingerprint density at radius 3 is 2.59 bits per heavy atom. The van der Waals surface area contributed by atoms with E-state index in [0.29, 0.717) is 27.2 Å². The number of Topliss-reactive ketones (excluding diaryl/α,β-unsaturated/α-hetero) is 1. The number of rotatable bonds is 8. The molecule has 0 amide bonds. The average molecular weight is 405 g/mol. The molecule has 1 aromatic heterocycles. The van der Waals surface area contributed by atoms with E-state index in [0.717, 1.165) is 5.69 Å². The van der Waals surface area contributed by atoms with Crippen LogP contribution in [0.2, 0.25) is 5.02 Å². The van der Waals surface area contributed by atoms with Crippen LogP contribution in [0.3, 0.4) is 0 Å². The van der Waals surface area contributed by atoms with Gasteiger partial charge in [-0.3, -0.25) is 4.79 Å². The molecule has 0 aliphatic carbocycles. The van der Waals surface area contributed by atoms with Crippen LogP contribution < -0.4 is 4.74 Å². The first-order chi connectivity index (χ1) is 13.0. The van der Waals surface area contributed by atoms with Crippen LogP contribution in [0.25, 0.3) is 5.69 Å². The third-order valence-electron chi connectivity index (χ3n) is 3.62. The molecule has 0 spiro atoms. The van der Waals surface area contributed by atoms with Crippen molar-refractivity contribution in [3.05, 3.63) is 59.1 Å². The Kier molecular flexibility index (Phi) is 6.44. The van der Waals surface area contributed by atoms with Crippen LogP contribution in [-0.2, 0) is 0 Å². The molecule has 0 saturated heterocycles. The monoisotopic (exact) mass is 404 g/mol. The number of hydrogen-bond donors (Lipinski definition) is 1. The molecule has 0 radical (unpaired) electrons. The molecule has 1 N–H and O–H groups in total. The van der Waals surface area contributed by atoms with Crippen molar-refractivity contribution in [2.24, 2.45) is 0 Å². The number of nitrogens with zero attached hydrogens (tertiary/aromatic N) is 4. The predicted molar refractivity (Wildman–Crippen MR) is 103 cm³/mol. The van der Waals surface area contributed by atoms with E-state index in [1.807, 2.05) is 12.1 Å². The topological polar surface area (TPSA) is 90.1 Å². The van der Waals surface area contributed by atoms with E-state index in [2.05, 4.69) is 15.5 Å². The van der Waals surface area contributed by atoms with E-state index in [-0.39, 0.29) is 12.4 Å². The van der Waals surface area contributed by atoms with Gasteiger partial charge >= 0.3 is 0 Å². The van der Waals surface area contributed by atoms with Gasteiger partial charge in [0.2, 0.25) is 5.16 Å². The molecule has 0 fully saturated rings. The summed E-state index contributed by atoms with van der Waals surface area (Å²) in [4.78, 5) is 11.3. The van der Waals surface area contributed by atoms with Gasteiger partial charge in [0.05, 0.1) is 11.8 Å². The van der Waals surface area contributed by atoms with Gasteiger partial charge < -0.3 is 9.84 Å². The fraction of sp³-hybridized carbons (Fsp3) is 0.222. The fourth-order valence-electron chi connectivity index (χ4n) is 2.21. The molecule has 0 aliphatic rings. The number of halogens is 1. The molecule has 140 valence electrons. The highest BCUT2D eigenvalue weighted by atomic mass is 35.5. The lowest BCUT2D eigenvalue weighted by Gasteiger charge is -2.12. The largest absolute Gasteiger partial charge is 0.491 e. The summed E-state index contributed by atoms with van der Waals surface area (Å²) in [6, 6.07) is 13.9. The predicted octanol–water partition coefficient (Wildman–Crippen LogP) is 3.05. The van der Waals surface area contributed by atoms with Crippen molar-refractivity contribution in [1.29, 1.82) is 0 Å². The van der Waals surface area contributed by atoms with E-state index in [1.54, 1.807) is 41.1 Å². The molecule has 0 saturated carbocycles. The van der Waals surface area contributed by atoms with Crippen molar-refractivity contribution in [3.8, 4) is 11.4 Å². The third-order valence-corrected chi connectivity index (χ3v) is 4.94. The summed E-state index contributed by atoms with van der Waals surface area (Å²) in [6.45, 7) is 1.63. The number of ether oxygens (including phenoxy) is 1. The first-order valence-electron chi connectivity index (χ1n) is 8.12. The lowest BCUT2D eigenvalue weighted by molar-refractivity contribution is 0.101. The zero-order chi connectivity index (χ0) is 19.2. The number of hydrogen-bond acceptors (Lipinski definition) is 7. The second-order valence-electron chi connectivity index (χ2n) is 5.71. The number of aromatic nitrogens is 4. The Morgan fingerprint density at radius 1 is 1.22 bits per heavy atom. The van der Waals surface area contributed by atoms with E-state index in [9.17, 15) is 9.90 Å². The third kappa shape index (κ3) is 5.29. The molecule has 0 aliphatic heterocycles. The van der Waals surface area contributed by atoms with Crippen molar-refractivity contribution in [2.75, 3.05) is 12.4 Å². The Bertz CT molecular complexity index is 900. The van der Waals surface area contributed by atoms with Crippen LogP contribution in [0.15, 0.2) is 53.7 Å². The zero-order valence-corrected chi connectivity index (χ0v) is 16.0. The standard InChI is InChI=1S/C18H17ClN4O3S/c1-12(24)13-2-8-17(9-3-13)26-10-16(25)11-27-18-20-21-22-23(18)15-6-4-14(19)5-7-15/h2-9,16,25H,10-11H2,1H3/t16-/m1/s1. The van der Waals surface area contributed by atoms with Crippen LogP contribution >= 0.6 is 23.4 Å². The van der Waals surface area contributed by atoms with Gasteiger partial charge in [-0.05, 0) is 65.9 Å². The lowest BCUT2D eigenvalue weighted by atomic mass is 10.1. The van der Waals surface area contributed by atoms with Gasteiger partial charge in [0.15, 0.2) is 5.78 Å². The summed E-state index contributed by atoms with van der Waals surface area (Å²) >= 11 is 7.22. The molecule has 27 heavy (non-hydrogen) atoms. The van der Waals surface area contributed by atoms with E-state index in [4.69, 9.17) is 16.3 Å². The van der Waals surface area contributed by atoms with Gasteiger partial charge in [-0.2, -0.15) is 4.68 Å². The normalized spacial score (nSPS) is 12.0. The SMILES string of the molecule is CC(=O)c1ccc(OC[C@@H](O)CSc2nnnn2-c2ccc(Cl)cc2)cc1. The highest BCUT2D eigenvalue weighted by Gasteiger charge is 2.13. The minimum atomic E-state index is -0.710. The summed E-state index contributed by atoms with van der Waals surface area (Å²) in [6.07, 6.45) is -0.710. The summed E-state index contributed by atoms with van der Waals surface area (Å²) < 4.78 is 7.13. The highest BCUT2D eigenvalue weighted by Crippen LogP contribution is 2.21. The van der Waals surface area contributed by atoms with E-state index in [1.165, 1.54) is 18.7 Å². The molecule has 3 aromatic rings. The van der Waals surface area contributed by atoms with E-state index >= 15 is 0 Å². The molecule has 7 nitrogen and oxygen atoms in total. The number of aliphatic hydroxyl groups is 1. The second kappa shape index (κ2) is 8.98. The number of ketones is 1. The van der Waals surface area contributed by atoms with Crippen LogP contribution in [-0.4, -0.2) is 49.6 Å². The Morgan fingerprint density at radius 2 is 1.93 bits per heavy atom. The minimum Gasteiger partial charge on any atom is -0.491 e. The maximum atomic E-state index is 11.3. The summed E-state index contributed by atoms with van der Waals surface area (Å²) in [7, 11) is 0. The van der Waals surface area contributed by atoms with Gasteiger partial charge in [0, 0.05) is 16.3 Å². The van der Waals surface area contributed by atoms with Crippen molar-refractivity contribution in [3.63, 3.8) is 0 Å². The smallest absolute Gasteiger partial charge is 0.214 e. The molecule has 9 heteroatoms. The molecular formula is C18H17ClN4O3S. The number of carbonyl (C=O) groups is 1. The number of aliphatic hydroxyl groups excluding tert-OH is 1. The van der Waals surface area contributed by atoms with Gasteiger partial charge in [-0.1, -0.05) is 23.4 Å². The molecule has 2 aromatic carbocycles. The molecule has 1 heterocycles. The van der Waals surface area contributed by atoms with E-state index < -0.39 is 6.10 Å². The molecule has 3 rings (SSSR count). The molecule has 0 bridgehead atoms. The van der Waals surface area contributed by atoms with Crippen molar-refractivity contribution < 1.29 is 14.6 Å². The Hall–Kier alpha value is -2.42. The molecule has 0 unspecified atom stereocenters. The quantitative estimate of drug-likeness (QED) is 0.455. The molecule has 1 atom stereocenters. The van der Waals surface area contributed by atoms with Crippen LogP contribution in [0.4, 0.5) is 0 Å². The second-order valence-corrected chi connectivity index (χ2v) is 7.13. The number of carbonyl (C=O) groups excluding carboxylic acids is 1. The highest BCUT2D eigenvalue weighted by molar-refractivity contribution is 7.99. The fourth-order valence-corrected chi connectivity index (χ4v) is 3.13. The van der Waals surface area contributed by atoms with Crippen molar-refractivity contribution in [1.82, 2.24) is 20.2 Å². The number of tetrazole rings is 1. The lowest BCUT2D eigenvalue weighted by Crippen LogP contribution is -2.20. The average Bonchev–Trinajstić information content (AvgIpc) is 3.14. The van der Waals surface area contributed by atoms with Crippen LogP contribution in [0.5, 0.6) is 5.75 Å². The maximum Gasteiger partial charge on any atom is 0.214 e. The summed E-state index contributed by atoms with van der Waals surface area (Å²) in [5.74, 6) is 0.950. The van der Waals surface area contributed by atoms with Gasteiger partial charge in [0.25, 0.3) is 0 Å². The van der Waals surface area contributed by atoms with Crippen molar-refractivity contribution >= 4 is 29.1 Å². The van der Waals surface area contributed by atoms with Gasteiger partial charge in [0.1, 0.15) is 12.4 Å². The van der Waals surface area contributed by atoms with Crippen LogP contribution in [0, 0.1) is 0 Å². The van der Waals surface area contributed by atoms with Crippen molar-refractivity contribution in [2.45, 2.75) is 18.2 Å². The number of benzene rings is 2. The van der Waals surface area contributed by atoms with Gasteiger partial charge in [-0.25, -0.2) is 0 Å². The van der Waals surface area contributed by atoms with Crippen LogP contribution in [0.1, 0.15) is 17.3 Å². The first-order valence-corrected chi connectivity index (χ1v) is 9.48. The maximum absolute atomic E-state index is 11.3. The Balaban J connectivity index is 1.52. The summed E-state index contributed by atoms with van der Waals surface area (Å²) in [5, 5.41) is 23.0. The number of thioether (sulfide) groups is 1.